The van der Waals surface area contributed by atoms with Crippen LogP contribution >= 0.6 is 0 Å². The number of carbonyl (C=O) groups is 1. The Labute approximate surface area is 88.8 Å². The average molecular weight is 212 g/mol. The van der Waals surface area contributed by atoms with E-state index in [1.807, 2.05) is 13.8 Å². The number of nitrogens with two attached hydrogens (primary N) is 1. The molecular weight excluding hydrogens is 196 g/mol. The van der Waals surface area contributed by atoms with Crippen molar-refractivity contribution in [1.82, 2.24) is 4.57 Å². The van der Waals surface area contributed by atoms with Crippen LogP contribution in [-0.4, -0.2) is 17.3 Å². The third-order valence-electron chi connectivity index (χ3n) is 2.43. The van der Waals surface area contributed by atoms with Crippen molar-refractivity contribution in [3.05, 3.63) is 11.3 Å². The maximum absolute atomic E-state index is 11.1. The summed E-state index contributed by atoms with van der Waals surface area (Å²) in [4.78, 5) is 11.1. The van der Waals surface area contributed by atoms with Crippen molar-refractivity contribution >= 4 is 11.8 Å². The van der Waals surface area contributed by atoms with E-state index in [1.54, 1.807) is 18.5 Å². The smallest absolute Gasteiger partial charge is 0.434 e. The Balaban J connectivity index is 2.95. The zero-order valence-corrected chi connectivity index (χ0v) is 9.46. The van der Waals surface area contributed by atoms with Crippen LogP contribution in [0.3, 0.4) is 0 Å². The van der Waals surface area contributed by atoms with Crippen molar-refractivity contribution < 1.29 is 14.3 Å². The van der Waals surface area contributed by atoms with E-state index in [0.29, 0.717) is 11.6 Å². The molecule has 0 unspecified atom stereocenters. The van der Waals surface area contributed by atoms with E-state index in [2.05, 4.69) is 4.74 Å². The van der Waals surface area contributed by atoms with Gasteiger partial charge in [0.2, 0.25) is 5.88 Å². The maximum atomic E-state index is 11.1. The Bertz CT molecular complexity index is 357. The summed E-state index contributed by atoms with van der Waals surface area (Å²) in [5.41, 5.74) is 8.15. The first-order valence-corrected chi connectivity index (χ1v) is 4.75. The summed E-state index contributed by atoms with van der Waals surface area (Å²) < 4.78 is 11.4. The van der Waals surface area contributed by atoms with E-state index in [4.69, 9.17) is 10.5 Å². The number of anilines is 1. The Morgan fingerprint density at radius 1 is 1.47 bits per heavy atom. The first-order chi connectivity index (χ1) is 6.99. The van der Waals surface area contributed by atoms with Crippen molar-refractivity contribution in [2.75, 3.05) is 12.3 Å². The molecule has 0 aromatic carbocycles. The van der Waals surface area contributed by atoms with Gasteiger partial charge in [-0.25, -0.2) is 4.79 Å². The fourth-order valence-corrected chi connectivity index (χ4v) is 1.29. The lowest BCUT2D eigenvalue weighted by Gasteiger charge is -2.06. The van der Waals surface area contributed by atoms with Crippen LogP contribution in [0.4, 0.5) is 10.5 Å². The van der Waals surface area contributed by atoms with Crippen molar-refractivity contribution in [2.24, 2.45) is 7.05 Å². The van der Waals surface area contributed by atoms with Gasteiger partial charge in [-0.2, -0.15) is 0 Å². The molecule has 5 heteroatoms. The molecule has 15 heavy (non-hydrogen) atoms. The summed E-state index contributed by atoms with van der Waals surface area (Å²) in [6, 6.07) is 0. The minimum atomic E-state index is -0.732. The van der Waals surface area contributed by atoms with Gasteiger partial charge in [-0.1, -0.05) is 0 Å². The Morgan fingerprint density at radius 2 is 2.07 bits per heavy atom. The number of carbonyl (C=O) groups excluding carboxylic acids is 1. The second-order valence-electron chi connectivity index (χ2n) is 3.27. The maximum Gasteiger partial charge on any atom is 0.515 e. The van der Waals surface area contributed by atoms with Crippen molar-refractivity contribution in [1.29, 1.82) is 0 Å². The third-order valence-corrected chi connectivity index (χ3v) is 2.43. The Kier molecular flexibility index (Phi) is 3.24. The van der Waals surface area contributed by atoms with Gasteiger partial charge in [0.05, 0.1) is 12.3 Å². The molecule has 0 bridgehead atoms. The average Bonchev–Trinajstić information content (AvgIpc) is 2.36. The van der Waals surface area contributed by atoms with Gasteiger partial charge in [0.1, 0.15) is 0 Å². The number of nitrogen functional groups attached to an aromatic ring is 1. The number of hydrogen-bond acceptors (Lipinski definition) is 4. The monoisotopic (exact) mass is 212 g/mol. The van der Waals surface area contributed by atoms with Crippen molar-refractivity contribution in [3.63, 3.8) is 0 Å². The predicted octanol–water partition coefficient (Wildman–Crippen LogP) is 1.76. The van der Waals surface area contributed by atoms with Gasteiger partial charge < -0.3 is 19.8 Å². The normalized spacial score (nSPS) is 10.1. The zero-order valence-electron chi connectivity index (χ0n) is 9.46. The first kappa shape index (κ1) is 11.4. The summed E-state index contributed by atoms with van der Waals surface area (Å²) in [6.07, 6.45) is -0.732. The summed E-state index contributed by atoms with van der Waals surface area (Å²) in [6.45, 7) is 5.78. The largest absolute Gasteiger partial charge is 0.515 e. The quantitative estimate of drug-likeness (QED) is 0.758. The number of aromatic nitrogens is 1. The molecule has 1 aromatic rings. The molecule has 0 atom stereocenters. The lowest BCUT2D eigenvalue weighted by molar-refractivity contribution is 0.102. The summed E-state index contributed by atoms with van der Waals surface area (Å²) in [5.74, 6) is 0.337. The summed E-state index contributed by atoms with van der Waals surface area (Å²) in [7, 11) is 1.78. The molecule has 1 heterocycles. The molecule has 5 nitrogen and oxygen atoms in total. The van der Waals surface area contributed by atoms with Crippen LogP contribution in [0.1, 0.15) is 18.2 Å². The van der Waals surface area contributed by atoms with Gasteiger partial charge in [0.25, 0.3) is 0 Å². The van der Waals surface area contributed by atoms with Gasteiger partial charge in [-0.3, -0.25) is 0 Å². The molecule has 84 valence electrons. The Morgan fingerprint density at radius 3 is 2.47 bits per heavy atom. The number of rotatable bonds is 2. The van der Waals surface area contributed by atoms with Gasteiger partial charge >= 0.3 is 6.16 Å². The topological polar surface area (TPSA) is 66.5 Å². The second-order valence-corrected chi connectivity index (χ2v) is 3.27. The lowest BCUT2D eigenvalue weighted by Crippen LogP contribution is -2.13. The Hall–Kier alpha value is -1.65. The second kappa shape index (κ2) is 4.25. The van der Waals surface area contributed by atoms with Gasteiger partial charge in [0, 0.05) is 12.7 Å². The molecule has 0 aliphatic heterocycles. The molecule has 0 saturated carbocycles. The zero-order chi connectivity index (χ0) is 11.6. The fourth-order valence-electron chi connectivity index (χ4n) is 1.29. The summed E-state index contributed by atoms with van der Waals surface area (Å²) >= 11 is 0. The molecule has 0 saturated heterocycles. The lowest BCUT2D eigenvalue weighted by atomic mass is 10.2. The van der Waals surface area contributed by atoms with Crippen LogP contribution in [0.15, 0.2) is 0 Å². The molecular formula is C10H16N2O3. The molecule has 2 N–H and O–H groups in total. The first-order valence-electron chi connectivity index (χ1n) is 4.75. The van der Waals surface area contributed by atoms with Crippen molar-refractivity contribution in [2.45, 2.75) is 20.8 Å². The molecule has 0 aliphatic rings. The van der Waals surface area contributed by atoms with E-state index in [-0.39, 0.29) is 6.61 Å². The summed E-state index contributed by atoms with van der Waals surface area (Å²) in [5, 5.41) is 0. The van der Waals surface area contributed by atoms with Gasteiger partial charge in [-0.05, 0) is 26.3 Å². The molecule has 1 aromatic heterocycles. The van der Waals surface area contributed by atoms with Crippen LogP contribution < -0.4 is 10.5 Å². The minimum Gasteiger partial charge on any atom is -0.434 e. The highest BCUT2D eigenvalue weighted by atomic mass is 16.7. The van der Waals surface area contributed by atoms with E-state index in [0.717, 1.165) is 11.3 Å². The van der Waals surface area contributed by atoms with Crippen molar-refractivity contribution in [3.8, 4) is 5.88 Å². The van der Waals surface area contributed by atoms with Crippen LogP contribution in [0.2, 0.25) is 0 Å². The fraction of sp³-hybridized carbons (Fsp3) is 0.500. The number of nitrogens with zero attached hydrogens (tertiary/aromatic N) is 1. The molecule has 0 fully saturated rings. The van der Waals surface area contributed by atoms with Crippen LogP contribution in [0, 0.1) is 13.8 Å². The SMILES string of the molecule is CCOC(=O)Oc1c(N)c(C)c(C)n1C. The third kappa shape index (κ3) is 2.06. The van der Waals surface area contributed by atoms with Crippen LogP contribution in [0.5, 0.6) is 5.88 Å². The molecule has 0 radical (unpaired) electrons. The highest BCUT2D eigenvalue weighted by Crippen LogP contribution is 2.30. The van der Waals surface area contributed by atoms with Gasteiger partial charge in [0.15, 0.2) is 0 Å². The number of ether oxygens (including phenoxy) is 2. The molecule has 0 spiro atoms. The highest BCUT2D eigenvalue weighted by Gasteiger charge is 2.17. The minimum absolute atomic E-state index is 0.279. The van der Waals surface area contributed by atoms with E-state index in [1.165, 1.54) is 0 Å². The highest BCUT2D eigenvalue weighted by molar-refractivity contribution is 5.69. The molecule has 1 rings (SSSR count). The molecule has 0 amide bonds. The van der Waals surface area contributed by atoms with E-state index < -0.39 is 6.16 Å². The van der Waals surface area contributed by atoms with E-state index >= 15 is 0 Å². The predicted molar refractivity (Wildman–Crippen MR) is 56.9 cm³/mol. The van der Waals surface area contributed by atoms with Crippen LogP contribution in [0.25, 0.3) is 0 Å². The number of hydrogen-bond donors (Lipinski definition) is 1. The molecule has 0 aliphatic carbocycles. The van der Waals surface area contributed by atoms with Crippen LogP contribution in [-0.2, 0) is 11.8 Å². The van der Waals surface area contributed by atoms with E-state index in [9.17, 15) is 4.79 Å². The standard InChI is InChI=1S/C10H16N2O3/c1-5-14-10(13)15-9-8(11)6(2)7(3)12(9)4/h5,11H2,1-4H3. The van der Waals surface area contributed by atoms with Gasteiger partial charge in [-0.15, -0.1) is 0 Å².